The zero-order valence-corrected chi connectivity index (χ0v) is 3.29. The maximum absolute atomic E-state index is 4.00. The van der Waals surface area contributed by atoms with Gasteiger partial charge in [-0.15, -0.1) is 12.8 Å². The molecule has 0 aliphatic carbocycles. The zero-order chi connectivity index (χ0) is 2.00. The van der Waals surface area contributed by atoms with E-state index >= 15 is 0 Å². The van der Waals surface area contributed by atoms with E-state index in [1.54, 1.807) is 0 Å². The first-order valence-corrected chi connectivity index (χ1v) is 0.333. The Balaban J connectivity index is -0.00000000167. The summed E-state index contributed by atoms with van der Waals surface area (Å²) in [5.41, 5.74) is 0. The molecule has 0 rings (SSSR count). The van der Waals surface area contributed by atoms with E-state index in [1.807, 2.05) is 0 Å². The summed E-state index contributed by atoms with van der Waals surface area (Å²) >= 11 is 0. The van der Waals surface area contributed by atoms with Crippen molar-refractivity contribution in [3.63, 3.8) is 0 Å². The van der Waals surface area contributed by atoms with Gasteiger partial charge < -0.3 is 11.0 Å². The predicted octanol–water partition coefficient (Wildman–Crippen LogP) is -0.107. The predicted molar refractivity (Wildman–Crippen MR) is 13.8 cm³/mol. The van der Waals surface area contributed by atoms with Gasteiger partial charge in [0.15, 0.2) is 0 Å². The van der Waals surface area contributed by atoms with Crippen molar-refractivity contribution >= 4 is 0 Å². The third-order valence-electron chi connectivity index (χ3n) is 0. The third kappa shape index (κ3) is 59300000. The molecular formula is C2H4CuO2. The Morgan fingerprint density at radius 3 is 0.800 bits per heavy atom. The molecule has 0 spiro atoms. The first-order chi connectivity index (χ1) is 1.00. The monoisotopic (exact) mass is 123 g/mol. The first-order valence-electron chi connectivity index (χ1n) is 0.333. The van der Waals surface area contributed by atoms with Gasteiger partial charge in [-0.2, -0.15) is 0 Å². The van der Waals surface area contributed by atoms with Crippen LogP contribution < -0.4 is 0 Å². The minimum atomic E-state index is 0. The third-order valence-corrected chi connectivity index (χ3v) is 0. The van der Waals surface area contributed by atoms with Crippen LogP contribution in [0.2, 0.25) is 0 Å². The quantitative estimate of drug-likeness (QED) is 0.334. The van der Waals surface area contributed by atoms with Crippen LogP contribution in [0.5, 0.6) is 0 Å². The van der Waals surface area contributed by atoms with Crippen LogP contribution in [0.3, 0.4) is 0 Å². The zero-order valence-electron chi connectivity index (χ0n) is 2.35. The second kappa shape index (κ2) is 133000000. The summed E-state index contributed by atoms with van der Waals surface area (Å²) in [7, 11) is 0. The molecule has 0 bridgehead atoms. The molecule has 0 amide bonds. The second-order valence-electron chi connectivity index (χ2n) is 0. The minimum absolute atomic E-state index is 0. The Morgan fingerprint density at radius 2 is 0.800 bits per heavy atom. The molecule has 3 heteroatoms. The topological polar surface area (TPSA) is 60.0 Å². The smallest absolute Gasteiger partial charge is 0.870 e. The molecule has 0 fully saturated rings. The van der Waals surface area contributed by atoms with E-state index in [4.69, 9.17) is 0 Å². The number of rotatable bonds is 0. The summed E-state index contributed by atoms with van der Waals surface area (Å²) in [6, 6.07) is 0. The molecule has 0 aromatic carbocycles. The summed E-state index contributed by atoms with van der Waals surface area (Å²) in [5, 5.41) is 0. The number of hydrogen-bond acceptors (Lipinski definition) is 2. The van der Waals surface area contributed by atoms with Crippen molar-refractivity contribution in [1.29, 1.82) is 0 Å². The number of terminal acetylenes is 1. The van der Waals surface area contributed by atoms with E-state index in [2.05, 4.69) is 12.8 Å². The first kappa shape index (κ1) is 80.1. The van der Waals surface area contributed by atoms with Crippen LogP contribution >= 0.6 is 0 Å². The summed E-state index contributed by atoms with van der Waals surface area (Å²) in [5.74, 6) is 0. The molecule has 0 unspecified atom stereocenters. The Bertz CT molecular complexity index is 12.4. The van der Waals surface area contributed by atoms with Gasteiger partial charge in [-0.3, -0.25) is 0 Å². The molecule has 0 heterocycles. The SMILES string of the molecule is C#C.[Cu+2].[OH-].[OH-]. The van der Waals surface area contributed by atoms with Gasteiger partial charge in [-0.25, -0.2) is 0 Å². The largest absolute Gasteiger partial charge is 2.00 e. The maximum Gasteiger partial charge on any atom is 2.00 e. The summed E-state index contributed by atoms with van der Waals surface area (Å²) in [6.07, 6.45) is 8.00. The molecule has 1 radical (unpaired) electrons. The van der Waals surface area contributed by atoms with Crippen LogP contribution in [0.25, 0.3) is 0 Å². The Labute approximate surface area is 41.7 Å². The average Bonchev–Trinajstić information content (AvgIpc) is 1.00. The normalized spacial score (nSPS) is 0.400. The Hall–Kier alpha value is -0.000519. The van der Waals surface area contributed by atoms with E-state index in [0.29, 0.717) is 0 Å². The van der Waals surface area contributed by atoms with E-state index in [1.165, 1.54) is 0 Å². The fraction of sp³-hybridized carbons (Fsp3) is 0. The molecule has 5 heavy (non-hydrogen) atoms. The van der Waals surface area contributed by atoms with E-state index in [9.17, 15) is 0 Å². The summed E-state index contributed by atoms with van der Waals surface area (Å²) in [6.45, 7) is 0. The van der Waals surface area contributed by atoms with Crippen LogP contribution in [0.4, 0.5) is 0 Å². The second-order valence-corrected chi connectivity index (χ2v) is 0. The van der Waals surface area contributed by atoms with E-state index in [0.717, 1.165) is 0 Å². The summed E-state index contributed by atoms with van der Waals surface area (Å²) in [4.78, 5) is 0. The van der Waals surface area contributed by atoms with Gasteiger partial charge in [0.2, 0.25) is 0 Å². The molecule has 0 atom stereocenters. The molecular weight excluding hydrogens is 120 g/mol. The van der Waals surface area contributed by atoms with Crippen molar-refractivity contribution in [2.75, 3.05) is 0 Å². The molecule has 0 aliphatic rings. The molecule has 2 nitrogen and oxygen atoms in total. The van der Waals surface area contributed by atoms with Crippen molar-refractivity contribution in [2.45, 2.75) is 0 Å². The van der Waals surface area contributed by atoms with Crippen LogP contribution in [0.15, 0.2) is 0 Å². The van der Waals surface area contributed by atoms with Gasteiger partial charge in [-0.05, 0) is 0 Å². The standard InChI is InChI=1S/C2H2.Cu.2H2O/c1-2;;;/h1-2H;;2*1H2/q;+2;;/p-2. The molecule has 2 N–H and O–H groups in total. The van der Waals surface area contributed by atoms with Crippen LogP contribution in [-0.4, -0.2) is 11.0 Å². The van der Waals surface area contributed by atoms with E-state index in [-0.39, 0.29) is 28.0 Å². The van der Waals surface area contributed by atoms with Crippen LogP contribution in [-0.2, 0) is 17.1 Å². The van der Waals surface area contributed by atoms with Crippen molar-refractivity contribution < 1.29 is 28.0 Å². The van der Waals surface area contributed by atoms with Crippen molar-refractivity contribution in [1.82, 2.24) is 0 Å². The molecule has 35 valence electrons. The molecule has 0 saturated carbocycles. The fourth-order valence-corrected chi connectivity index (χ4v) is 0. The van der Waals surface area contributed by atoms with Gasteiger partial charge in [0.1, 0.15) is 0 Å². The van der Waals surface area contributed by atoms with Crippen molar-refractivity contribution in [3.05, 3.63) is 0 Å². The van der Waals surface area contributed by atoms with Gasteiger partial charge >= 0.3 is 17.1 Å². The average molecular weight is 124 g/mol. The molecule has 0 saturated heterocycles. The van der Waals surface area contributed by atoms with Gasteiger partial charge in [0.05, 0.1) is 0 Å². The fourth-order valence-electron chi connectivity index (χ4n) is 0. The minimum Gasteiger partial charge on any atom is -0.870 e. The molecule has 0 aliphatic heterocycles. The van der Waals surface area contributed by atoms with Crippen LogP contribution in [0.1, 0.15) is 0 Å². The van der Waals surface area contributed by atoms with Crippen molar-refractivity contribution in [3.8, 4) is 12.8 Å². The van der Waals surface area contributed by atoms with Gasteiger partial charge in [-0.1, -0.05) is 0 Å². The van der Waals surface area contributed by atoms with Gasteiger partial charge in [0, 0.05) is 0 Å². The van der Waals surface area contributed by atoms with Crippen LogP contribution in [0, 0.1) is 12.8 Å². The van der Waals surface area contributed by atoms with Crippen molar-refractivity contribution in [2.24, 2.45) is 0 Å². The summed E-state index contributed by atoms with van der Waals surface area (Å²) < 4.78 is 0. The van der Waals surface area contributed by atoms with Gasteiger partial charge in [0.25, 0.3) is 0 Å². The maximum atomic E-state index is 4.00. The van der Waals surface area contributed by atoms with E-state index < -0.39 is 0 Å². The molecule has 0 aromatic heterocycles. The Morgan fingerprint density at radius 1 is 0.800 bits per heavy atom. The Kier molecular flexibility index (Phi) is 2130000000. The number of hydrogen-bond donors (Lipinski definition) is 0. The molecule has 0 aromatic rings.